The lowest BCUT2D eigenvalue weighted by molar-refractivity contribution is 0.378. The van der Waals surface area contributed by atoms with Gasteiger partial charge in [-0.05, 0) is 29.8 Å². The van der Waals surface area contributed by atoms with Crippen molar-refractivity contribution < 1.29 is 13.9 Å². The van der Waals surface area contributed by atoms with E-state index in [4.69, 9.17) is 26.8 Å². The summed E-state index contributed by atoms with van der Waals surface area (Å²) in [6, 6.07) is 13.2. The lowest BCUT2D eigenvalue weighted by atomic mass is 10.1. The van der Waals surface area contributed by atoms with Gasteiger partial charge in [0.05, 0.1) is 7.11 Å². The maximum absolute atomic E-state index is 13.0. The molecule has 0 aliphatic carbocycles. The van der Waals surface area contributed by atoms with Crippen LogP contribution in [0.25, 0.3) is 0 Å². The fourth-order valence-electron chi connectivity index (χ4n) is 2.26. The average molecular weight is 360 g/mol. The van der Waals surface area contributed by atoms with E-state index in [0.29, 0.717) is 23.7 Å². The Morgan fingerprint density at radius 3 is 2.36 bits per heavy atom. The normalized spacial score (nSPS) is 10.5. The molecule has 0 radical (unpaired) electrons. The molecule has 0 amide bonds. The number of methoxy groups -OCH3 is 1. The minimum atomic E-state index is -0.303. The van der Waals surface area contributed by atoms with Gasteiger partial charge < -0.3 is 15.2 Å². The van der Waals surface area contributed by atoms with Crippen LogP contribution in [0, 0.1) is 5.82 Å². The van der Waals surface area contributed by atoms with Crippen molar-refractivity contribution in [3.63, 3.8) is 0 Å². The molecule has 0 spiro atoms. The Balaban J connectivity index is 1.86. The standard InChI is InChI=1S/C18H15ClFN3O2/c1-24-13-4-2-3-5-14(13)25-16-17(19)22-15(23-18(16)21)10-11-6-8-12(20)9-7-11/h2-9H,10H2,1H3,(H2,21,22,23). The van der Waals surface area contributed by atoms with Crippen molar-refractivity contribution in [2.75, 3.05) is 12.8 Å². The first-order valence-electron chi connectivity index (χ1n) is 7.44. The fourth-order valence-corrected chi connectivity index (χ4v) is 2.49. The van der Waals surface area contributed by atoms with Gasteiger partial charge in [0.25, 0.3) is 0 Å². The lowest BCUT2D eigenvalue weighted by Gasteiger charge is -2.13. The van der Waals surface area contributed by atoms with Gasteiger partial charge in [-0.1, -0.05) is 35.9 Å². The van der Waals surface area contributed by atoms with Crippen LogP contribution in [0.2, 0.25) is 5.15 Å². The Morgan fingerprint density at radius 2 is 1.72 bits per heavy atom. The highest BCUT2D eigenvalue weighted by Gasteiger charge is 2.15. The molecule has 3 rings (SSSR count). The van der Waals surface area contributed by atoms with Crippen molar-refractivity contribution in [3.8, 4) is 17.2 Å². The molecule has 128 valence electrons. The summed E-state index contributed by atoms with van der Waals surface area (Å²) in [7, 11) is 1.54. The van der Waals surface area contributed by atoms with Gasteiger partial charge in [-0.3, -0.25) is 0 Å². The highest BCUT2D eigenvalue weighted by molar-refractivity contribution is 6.31. The number of rotatable bonds is 5. The van der Waals surface area contributed by atoms with E-state index < -0.39 is 0 Å². The summed E-state index contributed by atoms with van der Waals surface area (Å²) in [6.45, 7) is 0. The van der Waals surface area contributed by atoms with Gasteiger partial charge in [0, 0.05) is 6.42 Å². The number of benzene rings is 2. The van der Waals surface area contributed by atoms with Gasteiger partial charge >= 0.3 is 0 Å². The zero-order valence-electron chi connectivity index (χ0n) is 13.4. The average Bonchev–Trinajstić information content (AvgIpc) is 2.60. The van der Waals surface area contributed by atoms with Gasteiger partial charge in [0.1, 0.15) is 11.6 Å². The maximum Gasteiger partial charge on any atom is 0.206 e. The van der Waals surface area contributed by atoms with E-state index in [1.165, 1.54) is 19.2 Å². The second kappa shape index (κ2) is 7.36. The molecular formula is C18H15ClFN3O2. The van der Waals surface area contributed by atoms with Gasteiger partial charge in [0.2, 0.25) is 5.75 Å². The zero-order chi connectivity index (χ0) is 17.8. The summed E-state index contributed by atoms with van der Waals surface area (Å²) in [4.78, 5) is 8.44. The Morgan fingerprint density at radius 1 is 1.04 bits per heavy atom. The Labute approximate surface area is 149 Å². The van der Waals surface area contributed by atoms with Crippen molar-refractivity contribution in [1.29, 1.82) is 0 Å². The summed E-state index contributed by atoms with van der Waals surface area (Å²) >= 11 is 6.21. The minimum Gasteiger partial charge on any atom is -0.493 e. The lowest BCUT2D eigenvalue weighted by Crippen LogP contribution is -2.04. The molecule has 0 fully saturated rings. The van der Waals surface area contributed by atoms with Crippen molar-refractivity contribution in [2.45, 2.75) is 6.42 Å². The van der Waals surface area contributed by atoms with Crippen molar-refractivity contribution in [2.24, 2.45) is 0 Å². The van der Waals surface area contributed by atoms with E-state index in [-0.39, 0.29) is 22.5 Å². The molecule has 25 heavy (non-hydrogen) atoms. The van der Waals surface area contributed by atoms with Crippen LogP contribution < -0.4 is 15.2 Å². The monoisotopic (exact) mass is 359 g/mol. The van der Waals surface area contributed by atoms with Gasteiger partial charge in [-0.25, -0.2) is 14.4 Å². The minimum absolute atomic E-state index is 0.0931. The number of ether oxygens (including phenoxy) is 2. The van der Waals surface area contributed by atoms with E-state index in [1.54, 1.807) is 30.3 Å². The number of aromatic nitrogens is 2. The summed E-state index contributed by atoms with van der Waals surface area (Å²) < 4.78 is 23.9. The van der Waals surface area contributed by atoms with Crippen LogP contribution in [-0.2, 0) is 6.42 Å². The van der Waals surface area contributed by atoms with Crippen LogP contribution in [-0.4, -0.2) is 17.1 Å². The largest absolute Gasteiger partial charge is 0.493 e. The van der Waals surface area contributed by atoms with Crippen LogP contribution in [0.5, 0.6) is 17.2 Å². The third kappa shape index (κ3) is 3.97. The third-order valence-electron chi connectivity index (χ3n) is 3.45. The predicted molar refractivity (Wildman–Crippen MR) is 93.7 cm³/mol. The van der Waals surface area contributed by atoms with E-state index in [1.807, 2.05) is 6.07 Å². The molecule has 0 saturated carbocycles. The quantitative estimate of drug-likeness (QED) is 0.690. The topological polar surface area (TPSA) is 70.3 Å². The number of anilines is 1. The van der Waals surface area contributed by atoms with E-state index in [2.05, 4.69) is 9.97 Å². The van der Waals surface area contributed by atoms with Gasteiger partial charge in [-0.15, -0.1) is 0 Å². The maximum atomic E-state index is 13.0. The van der Waals surface area contributed by atoms with Crippen LogP contribution in [0.1, 0.15) is 11.4 Å². The van der Waals surface area contributed by atoms with Gasteiger partial charge in [0.15, 0.2) is 22.5 Å². The SMILES string of the molecule is COc1ccccc1Oc1c(N)nc(Cc2ccc(F)cc2)nc1Cl. The predicted octanol–water partition coefficient (Wildman–Crippen LogP) is 4.24. The molecule has 0 aliphatic rings. The number of hydrogen-bond donors (Lipinski definition) is 1. The van der Waals surface area contributed by atoms with Crippen LogP contribution in [0.3, 0.4) is 0 Å². The summed E-state index contributed by atoms with van der Waals surface area (Å²) in [6.07, 6.45) is 0.374. The number of halogens is 2. The Bertz CT molecular complexity index is 865. The van der Waals surface area contributed by atoms with E-state index in [0.717, 1.165) is 5.56 Å². The fraction of sp³-hybridized carbons (Fsp3) is 0.111. The first-order valence-corrected chi connectivity index (χ1v) is 7.82. The summed E-state index contributed by atoms with van der Waals surface area (Å²) in [5, 5.41) is 0.0931. The second-order valence-electron chi connectivity index (χ2n) is 5.20. The zero-order valence-corrected chi connectivity index (χ0v) is 14.1. The molecule has 7 heteroatoms. The van der Waals surface area contributed by atoms with Crippen LogP contribution >= 0.6 is 11.6 Å². The van der Waals surface area contributed by atoms with Crippen LogP contribution in [0.15, 0.2) is 48.5 Å². The Kier molecular flexibility index (Phi) is 5.00. The first kappa shape index (κ1) is 17.0. The molecule has 1 heterocycles. The smallest absolute Gasteiger partial charge is 0.206 e. The highest BCUT2D eigenvalue weighted by atomic mass is 35.5. The molecule has 5 nitrogen and oxygen atoms in total. The molecule has 2 N–H and O–H groups in total. The molecule has 0 aliphatic heterocycles. The third-order valence-corrected chi connectivity index (χ3v) is 3.71. The number of nitrogens with zero attached hydrogens (tertiary/aromatic N) is 2. The van der Waals surface area contributed by atoms with E-state index >= 15 is 0 Å². The molecule has 0 saturated heterocycles. The number of nitrogen functional groups attached to an aromatic ring is 1. The van der Waals surface area contributed by atoms with E-state index in [9.17, 15) is 4.39 Å². The number of hydrogen-bond acceptors (Lipinski definition) is 5. The highest BCUT2D eigenvalue weighted by Crippen LogP contribution is 2.36. The molecule has 0 bridgehead atoms. The van der Waals surface area contributed by atoms with Crippen LogP contribution in [0.4, 0.5) is 10.2 Å². The first-order chi connectivity index (χ1) is 12.1. The van der Waals surface area contributed by atoms with Crippen molar-refractivity contribution in [3.05, 3.63) is 70.9 Å². The van der Waals surface area contributed by atoms with Crippen molar-refractivity contribution >= 4 is 17.4 Å². The molecule has 2 aromatic carbocycles. The number of nitrogens with two attached hydrogens (primary N) is 1. The van der Waals surface area contributed by atoms with Crippen molar-refractivity contribution in [1.82, 2.24) is 9.97 Å². The summed E-state index contributed by atoms with van der Waals surface area (Å²) in [5.74, 6) is 1.38. The molecule has 0 atom stereocenters. The van der Waals surface area contributed by atoms with Gasteiger partial charge in [-0.2, -0.15) is 0 Å². The summed E-state index contributed by atoms with van der Waals surface area (Å²) in [5.41, 5.74) is 6.82. The number of para-hydroxylation sites is 2. The Hall–Kier alpha value is -2.86. The molecule has 3 aromatic rings. The molecular weight excluding hydrogens is 345 g/mol. The second-order valence-corrected chi connectivity index (χ2v) is 5.56. The molecule has 1 aromatic heterocycles. The molecule has 0 unspecified atom stereocenters.